The van der Waals surface area contributed by atoms with Crippen LogP contribution in [0, 0.1) is 0 Å². The highest BCUT2D eigenvalue weighted by Crippen LogP contribution is 1.92. The van der Waals surface area contributed by atoms with Gasteiger partial charge in [0.15, 0.2) is 0 Å². The Morgan fingerprint density at radius 3 is 1.82 bits per heavy atom. The van der Waals surface area contributed by atoms with Crippen LogP contribution in [0.2, 0.25) is 0 Å². The zero-order valence-electron chi connectivity index (χ0n) is 6.47. The third-order valence-electron chi connectivity index (χ3n) is 0.589. The lowest BCUT2D eigenvalue weighted by atomic mass is 10.6. The number of ether oxygens (including phenoxy) is 1. The number of methoxy groups -OCH3 is 1. The fourth-order valence-corrected chi connectivity index (χ4v) is 0.0833. The van der Waals surface area contributed by atoms with Crippen LogP contribution in [-0.2, 0) is 9.53 Å². The van der Waals surface area contributed by atoms with Crippen molar-refractivity contribution in [3.05, 3.63) is 36.9 Å². The molecule has 0 unspecified atom stereocenters. The van der Waals surface area contributed by atoms with Crippen LogP contribution in [0.15, 0.2) is 36.9 Å². The predicted molar refractivity (Wildman–Crippen MR) is 47.4 cm³/mol. The summed E-state index contributed by atoms with van der Waals surface area (Å²) in [5, 5.41) is 0.491. The highest BCUT2D eigenvalue weighted by molar-refractivity contribution is 6.30. The van der Waals surface area contributed by atoms with Crippen molar-refractivity contribution in [3.8, 4) is 0 Å². The van der Waals surface area contributed by atoms with Crippen molar-refractivity contribution in [2.75, 3.05) is 7.11 Å². The van der Waals surface area contributed by atoms with Crippen LogP contribution in [-0.4, -0.2) is 13.1 Å². The molecule has 0 N–H and O–H groups in total. The largest absolute Gasteiger partial charge is 0.466 e. The zero-order valence-corrected chi connectivity index (χ0v) is 7.23. The summed E-state index contributed by atoms with van der Waals surface area (Å²) in [5.74, 6) is -0.394. The van der Waals surface area contributed by atoms with Crippen molar-refractivity contribution >= 4 is 17.6 Å². The number of esters is 1. The first-order valence-corrected chi connectivity index (χ1v) is 3.13. The lowest BCUT2D eigenvalue weighted by Gasteiger charge is -1.83. The van der Waals surface area contributed by atoms with Crippen LogP contribution in [0.4, 0.5) is 0 Å². The summed E-state index contributed by atoms with van der Waals surface area (Å²) in [6.07, 6.45) is 2.60. The Morgan fingerprint density at radius 2 is 1.82 bits per heavy atom. The number of rotatable bonds is 2. The fraction of sp³-hybridized carbons (Fsp3) is 0.125. The second kappa shape index (κ2) is 8.98. The molecule has 0 heterocycles. The van der Waals surface area contributed by atoms with Gasteiger partial charge in [-0.05, 0) is 0 Å². The van der Waals surface area contributed by atoms with Crippen LogP contribution >= 0.6 is 11.6 Å². The van der Waals surface area contributed by atoms with E-state index < -0.39 is 5.97 Å². The molecule has 0 aliphatic heterocycles. The molecule has 0 fully saturated rings. The molecule has 0 saturated heterocycles. The van der Waals surface area contributed by atoms with Crippen LogP contribution in [0.25, 0.3) is 0 Å². The molecule has 0 amide bonds. The average molecular weight is 175 g/mol. The summed E-state index contributed by atoms with van der Waals surface area (Å²) < 4.78 is 4.14. The van der Waals surface area contributed by atoms with E-state index >= 15 is 0 Å². The van der Waals surface area contributed by atoms with Crippen molar-refractivity contribution in [2.24, 2.45) is 0 Å². The molecule has 2 nitrogen and oxygen atoms in total. The Kier molecular flexibility index (Phi) is 10.3. The van der Waals surface area contributed by atoms with Crippen LogP contribution < -0.4 is 0 Å². The minimum absolute atomic E-state index is 0.394. The van der Waals surface area contributed by atoms with Gasteiger partial charge in [0.25, 0.3) is 0 Å². The summed E-state index contributed by atoms with van der Waals surface area (Å²) in [7, 11) is 1.31. The Bertz CT molecular complexity index is 161. The lowest BCUT2D eigenvalue weighted by molar-refractivity contribution is -0.134. The number of carbonyl (C=O) groups excluding carboxylic acids is 1. The van der Waals surface area contributed by atoms with Crippen LogP contribution in [0.1, 0.15) is 0 Å². The number of halogens is 1. The summed E-state index contributed by atoms with van der Waals surface area (Å²) in [4.78, 5) is 9.84. The van der Waals surface area contributed by atoms with E-state index in [2.05, 4.69) is 24.5 Å². The first kappa shape index (κ1) is 12.6. The zero-order chi connectivity index (χ0) is 9.28. The highest BCUT2D eigenvalue weighted by Gasteiger charge is 1.81. The topological polar surface area (TPSA) is 26.3 Å². The van der Waals surface area contributed by atoms with Gasteiger partial charge in [-0.25, -0.2) is 4.79 Å². The van der Waals surface area contributed by atoms with Gasteiger partial charge in [-0.1, -0.05) is 37.4 Å². The Morgan fingerprint density at radius 1 is 1.45 bits per heavy atom. The molecule has 0 aliphatic carbocycles. The third-order valence-corrected chi connectivity index (χ3v) is 0.744. The summed E-state index contributed by atoms with van der Waals surface area (Å²) in [6.45, 7) is 9.81. The van der Waals surface area contributed by atoms with E-state index in [0.29, 0.717) is 5.03 Å². The first-order chi connectivity index (χ1) is 5.08. The summed E-state index contributed by atoms with van der Waals surface area (Å²) >= 11 is 5.15. The highest BCUT2D eigenvalue weighted by atomic mass is 35.5. The maximum absolute atomic E-state index is 9.84. The molecule has 0 atom stereocenters. The van der Waals surface area contributed by atoms with E-state index in [4.69, 9.17) is 11.6 Å². The van der Waals surface area contributed by atoms with E-state index in [0.717, 1.165) is 6.08 Å². The molecule has 0 aromatic heterocycles. The molecule has 11 heavy (non-hydrogen) atoms. The lowest BCUT2D eigenvalue weighted by Crippen LogP contribution is -1.91. The Labute approximate surface area is 71.8 Å². The molecule has 62 valence electrons. The van der Waals surface area contributed by atoms with Gasteiger partial charge < -0.3 is 4.74 Å². The van der Waals surface area contributed by atoms with E-state index in [1.165, 1.54) is 13.2 Å². The van der Waals surface area contributed by atoms with Gasteiger partial charge >= 0.3 is 5.97 Å². The molecule has 0 rings (SSSR count). The maximum atomic E-state index is 9.84. The van der Waals surface area contributed by atoms with Crippen molar-refractivity contribution in [1.82, 2.24) is 0 Å². The Balaban J connectivity index is 0. The van der Waals surface area contributed by atoms with E-state index in [-0.39, 0.29) is 0 Å². The standard InChI is InChI=1S/C4H5Cl.C4H6O2/c1-3-4(2)5;1-3-4(5)6-2/h3H,1-2H2;3H,1H2,2H3. The molecular weight excluding hydrogens is 164 g/mol. The van der Waals surface area contributed by atoms with E-state index in [1.54, 1.807) is 0 Å². The van der Waals surface area contributed by atoms with Crippen molar-refractivity contribution in [3.63, 3.8) is 0 Å². The smallest absolute Gasteiger partial charge is 0.329 e. The second-order valence-electron chi connectivity index (χ2n) is 1.38. The minimum Gasteiger partial charge on any atom is -0.466 e. The van der Waals surface area contributed by atoms with E-state index in [9.17, 15) is 4.79 Å². The number of carbonyl (C=O) groups is 1. The monoisotopic (exact) mass is 174 g/mol. The molecule has 3 heteroatoms. The molecule has 0 aliphatic rings. The summed E-state index contributed by atoms with van der Waals surface area (Å²) in [6, 6.07) is 0. The summed E-state index contributed by atoms with van der Waals surface area (Å²) in [5.41, 5.74) is 0. The van der Waals surface area contributed by atoms with Crippen LogP contribution in [0.3, 0.4) is 0 Å². The van der Waals surface area contributed by atoms with Gasteiger partial charge in [-0.2, -0.15) is 0 Å². The van der Waals surface area contributed by atoms with Crippen molar-refractivity contribution in [1.29, 1.82) is 0 Å². The van der Waals surface area contributed by atoms with Crippen LogP contribution in [0.5, 0.6) is 0 Å². The third kappa shape index (κ3) is 17.6. The normalized spacial score (nSPS) is 6.73. The first-order valence-electron chi connectivity index (χ1n) is 2.75. The van der Waals surface area contributed by atoms with E-state index in [1.807, 2.05) is 0 Å². The van der Waals surface area contributed by atoms with Gasteiger partial charge in [-0.15, -0.1) is 0 Å². The SMILES string of the molecule is C=CC(=C)Cl.C=CC(=O)OC. The molecular formula is C8H11ClO2. The molecule has 0 radical (unpaired) electrons. The van der Waals surface area contributed by atoms with Gasteiger partial charge in [-0.3, -0.25) is 0 Å². The van der Waals surface area contributed by atoms with Gasteiger partial charge in [0.1, 0.15) is 0 Å². The average Bonchev–Trinajstić information content (AvgIpc) is 2.04. The minimum atomic E-state index is -0.394. The quantitative estimate of drug-likeness (QED) is 0.365. The molecule has 0 spiro atoms. The van der Waals surface area contributed by atoms with Gasteiger partial charge in [0, 0.05) is 11.1 Å². The van der Waals surface area contributed by atoms with Gasteiger partial charge in [0.05, 0.1) is 7.11 Å². The number of allylic oxidation sites excluding steroid dienone is 2. The molecule has 0 bridgehead atoms. The molecule has 0 aromatic carbocycles. The maximum Gasteiger partial charge on any atom is 0.329 e. The second-order valence-corrected chi connectivity index (χ2v) is 1.86. The predicted octanol–water partition coefficient (Wildman–Crippen LogP) is 2.27. The number of hydrogen-bond acceptors (Lipinski definition) is 2. The van der Waals surface area contributed by atoms with Gasteiger partial charge in [0.2, 0.25) is 0 Å². The van der Waals surface area contributed by atoms with Crippen molar-refractivity contribution < 1.29 is 9.53 Å². The Hall–Kier alpha value is -1.02. The van der Waals surface area contributed by atoms with Crippen molar-refractivity contribution in [2.45, 2.75) is 0 Å². The molecule has 0 aromatic rings. The fourth-order valence-electron chi connectivity index (χ4n) is 0.0833. The molecule has 0 saturated carbocycles. The number of hydrogen-bond donors (Lipinski definition) is 0.